The van der Waals surface area contributed by atoms with Gasteiger partial charge in [0.1, 0.15) is 17.3 Å². The van der Waals surface area contributed by atoms with E-state index >= 15 is 0 Å². The Balaban J connectivity index is 2.24. The van der Waals surface area contributed by atoms with Gasteiger partial charge in [-0.2, -0.15) is 0 Å². The maximum Gasteiger partial charge on any atom is 0.274 e. The Morgan fingerprint density at radius 3 is 2.72 bits per heavy atom. The summed E-state index contributed by atoms with van der Waals surface area (Å²) in [5.74, 6) is -2.04. The van der Waals surface area contributed by atoms with Crippen LogP contribution in [0, 0.1) is 11.6 Å². The van der Waals surface area contributed by atoms with Crippen LogP contribution in [0.5, 0.6) is 0 Å². The van der Waals surface area contributed by atoms with Crippen LogP contribution in [0.15, 0.2) is 36.5 Å². The molecule has 6 heteroatoms. The van der Waals surface area contributed by atoms with Crippen molar-refractivity contribution in [3.05, 3.63) is 58.9 Å². The Labute approximate surface area is 106 Å². The van der Waals surface area contributed by atoms with Crippen molar-refractivity contribution in [3.8, 4) is 0 Å². The highest BCUT2D eigenvalue weighted by Gasteiger charge is 2.11. The molecule has 1 N–H and O–H groups in total. The van der Waals surface area contributed by atoms with Gasteiger partial charge in [0.05, 0.1) is 5.69 Å². The van der Waals surface area contributed by atoms with Gasteiger partial charge in [-0.1, -0.05) is 11.6 Å². The number of nitrogens with one attached hydrogen (secondary N) is 1. The van der Waals surface area contributed by atoms with Crippen LogP contribution in [0.25, 0.3) is 0 Å². The van der Waals surface area contributed by atoms with Gasteiger partial charge in [-0.25, -0.2) is 8.78 Å². The molecule has 0 atom stereocenters. The Bertz CT molecular complexity index is 604. The van der Waals surface area contributed by atoms with Crippen LogP contribution in [-0.2, 0) is 0 Å². The van der Waals surface area contributed by atoms with E-state index in [1.165, 1.54) is 18.3 Å². The summed E-state index contributed by atoms with van der Waals surface area (Å²) in [7, 11) is 0. The zero-order chi connectivity index (χ0) is 13.1. The van der Waals surface area contributed by atoms with Gasteiger partial charge in [0.15, 0.2) is 0 Å². The summed E-state index contributed by atoms with van der Waals surface area (Å²) in [5.41, 5.74) is -0.229. The number of benzene rings is 1. The van der Waals surface area contributed by atoms with E-state index in [4.69, 9.17) is 11.6 Å². The largest absolute Gasteiger partial charge is 0.318 e. The second-order valence-corrected chi connectivity index (χ2v) is 3.87. The van der Waals surface area contributed by atoms with Gasteiger partial charge in [0.25, 0.3) is 5.91 Å². The lowest BCUT2D eigenvalue weighted by molar-refractivity contribution is 0.102. The van der Waals surface area contributed by atoms with E-state index in [2.05, 4.69) is 10.3 Å². The molecule has 2 aromatic rings. The van der Waals surface area contributed by atoms with Crippen LogP contribution in [-0.4, -0.2) is 10.9 Å². The molecule has 0 unspecified atom stereocenters. The molecule has 1 heterocycles. The van der Waals surface area contributed by atoms with Crippen molar-refractivity contribution in [1.29, 1.82) is 0 Å². The molecule has 0 bridgehead atoms. The molecule has 1 aromatic heterocycles. The van der Waals surface area contributed by atoms with E-state index in [0.29, 0.717) is 5.02 Å². The van der Waals surface area contributed by atoms with Crippen LogP contribution in [0.2, 0.25) is 5.02 Å². The Morgan fingerprint density at radius 2 is 2.00 bits per heavy atom. The standard InChI is InChI=1S/C12H7ClF2N2O/c13-7-3-4-16-11(5-7)12(18)17-10-6-8(14)1-2-9(10)15/h1-6H,(H,17,18). The summed E-state index contributed by atoms with van der Waals surface area (Å²) in [6.45, 7) is 0. The maximum absolute atomic E-state index is 13.3. The number of amides is 1. The van der Waals surface area contributed by atoms with Gasteiger partial charge in [0, 0.05) is 17.3 Å². The molecule has 0 aliphatic heterocycles. The van der Waals surface area contributed by atoms with Gasteiger partial charge in [-0.15, -0.1) is 0 Å². The minimum atomic E-state index is -0.730. The number of hydrogen-bond acceptors (Lipinski definition) is 2. The highest BCUT2D eigenvalue weighted by atomic mass is 35.5. The average molecular weight is 269 g/mol. The van der Waals surface area contributed by atoms with Gasteiger partial charge in [0.2, 0.25) is 0 Å². The van der Waals surface area contributed by atoms with Gasteiger partial charge in [-0.05, 0) is 24.3 Å². The van der Waals surface area contributed by atoms with Crippen LogP contribution >= 0.6 is 11.6 Å². The molecule has 0 radical (unpaired) electrons. The number of rotatable bonds is 2. The van der Waals surface area contributed by atoms with E-state index in [-0.39, 0.29) is 11.4 Å². The van der Waals surface area contributed by atoms with Crippen LogP contribution in [0.3, 0.4) is 0 Å². The summed E-state index contributed by atoms with van der Waals surface area (Å²) in [6, 6.07) is 5.60. The topological polar surface area (TPSA) is 42.0 Å². The molecule has 0 saturated carbocycles. The van der Waals surface area contributed by atoms with Crippen LogP contribution in [0.4, 0.5) is 14.5 Å². The lowest BCUT2D eigenvalue weighted by Crippen LogP contribution is -2.14. The first-order valence-electron chi connectivity index (χ1n) is 4.94. The molecular weight excluding hydrogens is 262 g/mol. The summed E-state index contributed by atoms with van der Waals surface area (Å²) in [6.07, 6.45) is 1.35. The van der Waals surface area contributed by atoms with Crippen molar-refractivity contribution in [2.24, 2.45) is 0 Å². The number of carbonyl (C=O) groups is 1. The predicted molar refractivity (Wildman–Crippen MR) is 63.6 cm³/mol. The molecular formula is C12H7ClF2N2O. The maximum atomic E-state index is 13.3. The van der Waals surface area contributed by atoms with Crippen molar-refractivity contribution >= 4 is 23.2 Å². The Kier molecular flexibility index (Phi) is 3.53. The fourth-order valence-electron chi connectivity index (χ4n) is 1.31. The number of carbonyl (C=O) groups excluding carboxylic acids is 1. The third kappa shape index (κ3) is 2.81. The Morgan fingerprint density at radius 1 is 1.22 bits per heavy atom. The first kappa shape index (κ1) is 12.4. The number of hydrogen-bond donors (Lipinski definition) is 1. The number of pyridine rings is 1. The first-order valence-corrected chi connectivity index (χ1v) is 5.32. The molecule has 0 aliphatic rings. The minimum Gasteiger partial charge on any atom is -0.318 e. The van der Waals surface area contributed by atoms with Crippen molar-refractivity contribution < 1.29 is 13.6 Å². The smallest absolute Gasteiger partial charge is 0.274 e. The first-order chi connectivity index (χ1) is 8.56. The quantitative estimate of drug-likeness (QED) is 0.908. The normalized spacial score (nSPS) is 10.2. The summed E-state index contributed by atoms with van der Waals surface area (Å²) < 4.78 is 26.2. The fourth-order valence-corrected chi connectivity index (χ4v) is 1.47. The highest BCUT2D eigenvalue weighted by molar-refractivity contribution is 6.30. The molecule has 0 aliphatic carbocycles. The molecule has 0 fully saturated rings. The zero-order valence-electron chi connectivity index (χ0n) is 8.95. The molecule has 3 nitrogen and oxygen atoms in total. The lowest BCUT2D eigenvalue weighted by atomic mass is 10.2. The SMILES string of the molecule is O=C(Nc1cc(F)ccc1F)c1cc(Cl)ccn1. The van der Waals surface area contributed by atoms with Gasteiger partial charge in [-0.3, -0.25) is 9.78 Å². The van der Waals surface area contributed by atoms with Gasteiger partial charge >= 0.3 is 0 Å². The monoisotopic (exact) mass is 268 g/mol. The van der Waals surface area contributed by atoms with Crippen molar-refractivity contribution in [1.82, 2.24) is 4.98 Å². The third-order valence-electron chi connectivity index (χ3n) is 2.13. The molecule has 92 valence electrons. The zero-order valence-corrected chi connectivity index (χ0v) is 9.71. The molecule has 1 aromatic carbocycles. The molecule has 0 saturated heterocycles. The number of halogens is 3. The number of aromatic nitrogens is 1. The van der Waals surface area contributed by atoms with Crippen molar-refractivity contribution in [2.45, 2.75) is 0 Å². The predicted octanol–water partition coefficient (Wildman–Crippen LogP) is 3.27. The molecule has 2 rings (SSSR count). The lowest BCUT2D eigenvalue weighted by Gasteiger charge is -2.06. The number of nitrogens with zero attached hydrogens (tertiary/aromatic N) is 1. The molecule has 18 heavy (non-hydrogen) atoms. The van der Waals surface area contributed by atoms with Gasteiger partial charge < -0.3 is 5.32 Å². The van der Waals surface area contributed by atoms with E-state index in [0.717, 1.165) is 18.2 Å². The van der Waals surface area contributed by atoms with Crippen molar-refractivity contribution in [3.63, 3.8) is 0 Å². The van der Waals surface area contributed by atoms with E-state index in [9.17, 15) is 13.6 Å². The molecule has 1 amide bonds. The summed E-state index contributed by atoms with van der Waals surface area (Å²) in [5, 5.41) is 2.55. The Hall–Kier alpha value is -2.01. The average Bonchev–Trinajstić information content (AvgIpc) is 2.34. The minimum absolute atomic E-state index is 0.0196. The van der Waals surface area contributed by atoms with E-state index in [1.807, 2.05) is 0 Å². The number of anilines is 1. The fraction of sp³-hybridized carbons (Fsp3) is 0. The summed E-state index contributed by atoms with van der Waals surface area (Å²) in [4.78, 5) is 15.5. The van der Waals surface area contributed by atoms with Crippen molar-refractivity contribution in [2.75, 3.05) is 5.32 Å². The van der Waals surface area contributed by atoms with Crippen LogP contribution in [0.1, 0.15) is 10.5 Å². The molecule has 0 spiro atoms. The third-order valence-corrected chi connectivity index (χ3v) is 2.37. The van der Waals surface area contributed by atoms with E-state index < -0.39 is 17.5 Å². The highest BCUT2D eigenvalue weighted by Crippen LogP contribution is 2.16. The second-order valence-electron chi connectivity index (χ2n) is 3.44. The summed E-state index contributed by atoms with van der Waals surface area (Å²) >= 11 is 5.69. The second kappa shape index (κ2) is 5.10. The van der Waals surface area contributed by atoms with E-state index in [1.54, 1.807) is 0 Å². The van der Waals surface area contributed by atoms with Crippen LogP contribution < -0.4 is 5.32 Å².